The van der Waals surface area contributed by atoms with E-state index in [0.29, 0.717) is 0 Å². The van der Waals surface area contributed by atoms with Crippen LogP contribution in [0, 0.1) is 6.92 Å². The first-order chi connectivity index (χ1) is 9.51. The van der Waals surface area contributed by atoms with E-state index in [2.05, 4.69) is 0 Å². The lowest BCUT2D eigenvalue weighted by Crippen LogP contribution is -2.23. The minimum Gasteiger partial charge on any atom is -0.497 e. The number of carboxylic acids is 1. The molecule has 0 spiro atoms. The van der Waals surface area contributed by atoms with E-state index in [9.17, 15) is 9.59 Å². The predicted molar refractivity (Wildman–Crippen MR) is 75.1 cm³/mol. The van der Waals surface area contributed by atoms with E-state index < -0.39 is 5.97 Å². The number of carboxylic acid groups (broad SMARTS) is 1. The third-order valence-corrected chi connectivity index (χ3v) is 3.04. The third kappa shape index (κ3) is 2.88. The van der Waals surface area contributed by atoms with E-state index >= 15 is 0 Å². The highest BCUT2D eigenvalue weighted by atomic mass is 16.5. The zero-order chi connectivity index (χ0) is 14.7. The Morgan fingerprint density at radius 3 is 2.50 bits per heavy atom. The Kier molecular flexibility index (Phi) is 3.89. The summed E-state index contributed by atoms with van der Waals surface area (Å²) in [5.74, 6) is -0.304. The fraction of sp³-hybridized carbons (Fsp3) is 0.200. The zero-order valence-electron chi connectivity index (χ0n) is 11.3. The standard InChI is InChI=1S/C15H15NO4/c1-10-7-14(17)16(9-15(18)19)8-13(10)11-3-5-12(20-2)6-4-11/h3-8H,9H2,1-2H3,(H,18,19). The first-order valence-electron chi connectivity index (χ1n) is 6.08. The van der Waals surface area contributed by atoms with Crippen molar-refractivity contribution in [2.75, 3.05) is 7.11 Å². The number of pyridine rings is 1. The van der Waals surface area contributed by atoms with Gasteiger partial charge < -0.3 is 14.4 Å². The number of benzene rings is 1. The molecule has 104 valence electrons. The van der Waals surface area contributed by atoms with E-state index in [1.165, 1.54) is 10.6 Å². The molecule has 0 saturated carbocycles. The van der Waals surface area contributed by atoms with Crippen LogP contribution in [0.3, 0.4) is 0 Å². The number of hydrogen-bond acceptors (Lipinski definition) is 3. The molecule has 0 aliphatic rings. The molecular weight excluding hydrogens is 258 g/mol. The molecule has 0 unspecified atom stereocenters. The van der Waals surface area contributed by atoms with Crippen molar-refractivity contribution in [2.24, 2.45) is 0 Å². The number of aryl methyl sites for hydroxylation is 1. The number of aliphatic carboxylic acids is 1. The largest absolute Gasteiger partial charge is 0.497 e. The smallest absolute Gasteiger partial charge is 0.323 e. The highest BCUT2D eigenvalue weighted by Crippen LogP contribution is 2.24. The molecule has 5 heteroatoms. The summed E-state index contributed by atoms with van der Waals surface area (Å²) in [7, 11) is 1.59. The Morgan fingerprint density at radius 2 is 1.95 bits per heavy atom. The first kappa shape index (κ1) is 13.9. The van der Waals surface area contributed by atoms with Crippen LogP contribution in [0.25, 0.3) is 11.1 Å². The van der Waals surface area contributed by atoms with Crippen molar-refractivity contribution in [3.8, 4) is 16.9 Å². The summed E-state index contributed by atoms with van der Waals surface area (Å²) in [5.41, 5.74) is 2.22. The van der Waals surface area contributed by atoms with Gasteiger partial charge in [-0.3, -0.25) is 9.59 Å². The molecular formula is C15H15NO4. The number of carbonyl (C=O) groups is 1. The number of aromatic nitrogens is 1. The van der Waals surface area contributed by atoms with Crippen LogP contribution >= 0.6 is 0 Å². The molecule has 0 atom stereocenters. The molecule has 20 heavy (non-hydrogen) atoms. The van der Waals surface area contributed by atoms with Gasteiger partial charge in [0.25, 0.3) is 5.56 Å². The maximum Gasteiger partial charge on any atom is 0.323 e. The fourth-order valence-electron chi connectivity index (χ4n) is 2.01. The lowest BCUT2D eigenvalue weighted by Gasteiger charge is -2.10. The van der Waals surface area contributed by atoms with E-state index in [4.69, 9.17) is 9.84 Å². The molecule has 2 rings (SSSR count). The van der Waals surface area contributed by atoms with Crippen LogP contribution < -0.4 is 10.3 Å². The van der Waals surface area contributed by atoms with Gasteiger partial charge in [-0.25, -0.2) is 0 Å². The van der Waals surface area contributed by atoms with E-state index in [-0.39, 0.29) is 12.1 Å². The van der Waals surface area contributed by atoms with Crippen molar-refractivity contribution in [1.29, 1.82) is 0 Å². The molecule has 1 heterocycles. The lowest BCUT2D eigenvalue weighted by molar-refractivity contribution is -0.137. The Morgan fingerprint density at radius 1 is 1.30 bits per heavy atom. The van der Waals surface area contributed by atoms with Crippen molar-refractivity contribution in [3.05, 3.63) is 52.4 Å². The highest BCUT2D eigenvalue weighted by molar-refractivity contribution is 5.69. The van der Waals surface area contributed by atoms with Crippen molar-refractivity contribution in [1.82, 2.24) is 4.57 Å². The lowest BCUT2D eigenvalue weighted by atomic mass is 10.0. The van der Waals surface area contributed by atoms with Gasteiger partial charge in [0, 0.05) is 17.8 Å². The maximum atomic E-state index is 11.7. The summed E-state index contributed by atoms with van der Waals surface area (Å²) < 4.78 is 6.29. The minimum atomic E-state index is -1.04. The molecule has 0 fully saturated rings. The van der Waals surface area contributed by atoms with Crippen molar-refractivity contribution in [2.45, 2.75) is 13.5 Å². The average Bonchev–Trinajstić information content (AvgIpc) is 2.41. The Bertz CT molecular complexity index is 686. The molecule has 0 saturated heterocycles. The quantitative estimate of drug-likeness (QED) is 0.924. The predicted octanol–water partition coefficient (Wildman–Crippen LogP) is 1.92. The number of hydrogen-bond donors (Lipinski definition) is 1. The van der Waals surface area contributed by atoms with Crippen molar-refractivity contribution in [3.63, 3.8) is 0 Å². The number of methoxy groups -OCH3 is 1. The number of rotatable bonds is 4. The van der Waals surface area contributed by atoms with Gasteiger partial charge in [0.15, 0.2) is 0 Å². The summed E-state index contributed by atoms with van der Waals surface area (Å²) in [5, 5.41) is 8.81. The summed E-state index contributed by atoms with van der Waals surface area (Å²) in [6, 6.07) is 8.83. The van der Waals surface area contributed by atoms with E-state index in [0.717, 1.165) is 22.4 Å². The highest BCUT2D eigenvalue weighted by Gasteiger charge is 2.08. The van der Waals surface area contributed by atoms with Gasteiger partial charge in [-0.2, -0.15) is 0 Å². The van der Waals surface area contributed by atoms with Gasteiger partial charge >= 0.3 is 5.97 Å². The molecule has 0 aliphatic heterocycles. The van der Waals surface area contributed by atoms with Crippen LogP contribution in [-0.4, -0.2) is 22.8 Å². The SMILES string of the molecule is COc1ccc(-c2cn(CC(=O)O)c(=O)cc2C)cc1. The molecule has 5 nitrogen and oxygen atoms in total. The topological polar surface area (TPSA) is 68.5 Å². The number of ether oxygens (including phenoxy) is 1. The van der Waals surface area contributed by atoms with Crippen LogP contribution in [0.2, 0.25) is 0 Å². The minimum absolute atomic E-state index is 0.317. The van der Waals surface area contributed by atoms with Crippen LogP contribution in [0.5, 0.6) is 5.75 Å². The molecule has 1 aromatic carbocycles. The second-order valence-electron chi connectivity index (χ2n) is 4.46. The first-order valence-corrected chi connectivity index (χ1v) is 6.08. The maximum absolute atomic E-state index is 11.7. The van der Waals surface area contributed by atoms with Gasteiger partial charge in [-0.15, -0.1) is 0 Å². The van der Waals surface area contributed by atoms with Gasteiger partial charge in [-0.1, -0.05) is 12.1 Å². The monoisotopic (exact) mass is 273 g/mol. The Hall–Kier alpha value is -2.56. The van der Waals surface area contributed by atoms with Crippen molar-refractivity contribution < 1.29 is 14.6 Å². The van der Waals surface area contributed by atoms with Crippen molar-refractivity contribution >= 4 is 5.97 Å². The zero-order valence-corrected chi connectivity index (χ0v) is 11.3. The molecule has 1 aromatic heterocycles. The summed E-state index contributed by atoms with van der Waals surface area (Å²) in [6.45, 7) is 1.48. The number of nitrogens with zero attached hydrogens (tertiary/aromatic N) is 1. The van der Waals surface area contributed by atoms with E-state index in [1.54, 1.807) is 13.3 Å². The fourth-order valence-corrected chi connectivity index (χ4v) is 2.01. The Balaban J connectivity index is 2.49. The average molecular weight is 273 g/mol. The molecule has 1 N–H and O–H groups in total. The molecule has 2 aromatic rings. The summed E-state index contributed by atoms with van der Waals surface area (Å²) >= 11 is 0. The van der Waals surface area contributed by atoms with Crippen LogP contribution in [-0.2, 0) is 11.3 Å². The second kappa shape index (κ2) is 5.61. The van der Waals surface area contributed by atoms with Crippen LogP contribution in [0.15, 0.2) is 41.3 Å². The Labute approximate surface area is 116 Å². The van der Waals surface area contributed by atoms with Gasteiger partial charge in [0.2, 0.25) is 0 Å². The van der Waals surface area contributed by atoms with Gasteiger partial charge in [0.05, 0.1) is 7.11 Å². The van der Waals surface area contributed by atoms with Crippen LogP contribution in [0.4, 0.5) is 0 Å². The summed E-state index contributed by atoms with van der Waals surface area (Å²) in [6.07, 6.45) is 1.58. The van der Waals surface area contributed by atoms with Crippen LogP contribution in [0.1, 0.15) is 5.56 Å². The van der Waals surface area contributed by atoms with Gasteiger partial charge in [0.1, 0.15) is 12.3 Å². The third-order valence-electron chi connectivity index (χ3n) is 3.04. The molecule has 0 amide bonds. The van der Waals surface area contributed by atoms with Gasteiger partial charge in [-0.05, 0) is 30.2 Å². The second-order valence-corrected chi connectivity index (χ2v) is 4.46. The molecule has 0 aliphatic carbocycles. The normalized spacial score (nSPS) is 10.3. The van der Waals surface area contributed by atoms with E-state index in [1.807, 2.05) is 31.2 Å². The molecule has 0 bridgehead atoms. The molecule has 0 radical (unpaired) electrons. The summed E-state index contributed by atoms with van der Waals surface area (Å²) in [4.78, 5) is 22.5.